The molecule has 2 nitrogen and oxygen atoms in total. The van der Waals surface area contributed by atoms with Crippen molar-refractivity contribution >= 4 is 5.97 Å². The molecule has 0 atom stereocenters. The smallest absolute Gasteiger partial charge is 0.435 e. The first-order chi connectivity index (χ1) is 10.7. The first kappa shape index (κ1) is 20.1. The largest absolute Gasteiger partial charge is 0.461 e. The highest BCUT2D eigenvalue weighted by Gasteiger charge is 2.73. The minimum absolute atomic E-state index is 0.0953. The zero-order chi connectivity index (χ0) is 19.0. The first-order valence-corrected chi connectivity index (χ1v) is 6.18. The van der Waals surface area contributed by atoms with Gasteiger partial charge in [0.1, 0.15) is 0 Å². The van der Waals surface area contributed by atoms with Crippen molar-refractivity contribution in [2.45, 2.75) is 30.9 Å². The van der Waals surface area contributed by atoms with Crippen LogP contribution in [0.3, 0.4) is 0 Å². The Morgan fingerprint density at radius 3 is 1.54 bits per heavy atom. The zero-order valence-corrected chi connectivity index (χ0v) is 11.7. The van der Waals surface area contributed by atoms with Crippen molar-refractivity contribution in [3.8, 4) is 0 Å². The van der Waals surface area contributed by atoms with Crippen molar-refractivity contribution < 1.29 is 49.0 Å². The van der Waals surface area contributed by atoms with Gasteiger partial charge in [-0.1, -0.05) is 24.3 Å². The fraction of sp³-hybridized carbons (Fsp3) is 0.462. The lowest BCUT2D eigenvalue weighted by atomic mass is 9.92. The summed E-state index contributed by atoms with van der Waals surface area (Å²) in [4.78, 5) is 11.1. The number of esters is 1. The predicted octanol–water partition coefficient (Wildman–Crippen LogP) is 4.63. The third-order valence-corrected chi connectivity index (χ3v) is 2.96. The molecule has 11 heteroatoms. The van der Waals surface area contributed by atoms with E-state index in [1.54, 1.807) is 0 Å². The van der Waals surface area contributed by atoms with Crippen LogP contribution < -0.4 is 0 Å². The van der Waals surface area contributed by atoms with E-state index >= 15 is 0 Å². The van der Waals surface area contributed by atoms with Gasteiger partial charge in [-0.05, 0) is 6.92 Å². The summed E-state index contributed by atoms with van der Waals surface area (Å²) in [6.45, 7) is 0.781. The molecule has 0 aromatic heterocycles. The standard InChI is InChI=1S/C13H9F9O2/c1-2-24-9(23)10(14,15)7-3-5-8(6-4-7)11(16,12(17,18)19)13(20,21)22/h3-6H,2H2,1H3. The first-order valence-electron chi connectivity index (χ1n) is 6.18. The maximum Gasteiger partial charge on any atom is 0.435 e. The van der Waals surface area contributed by atoms with Crippen LogP contribution in [0.25, 0.3) is 0 Å². The average Bonchev–Trinajstić information content (AvgIpc) is 2.44. The van der Waals surface area contributed by atoms with Gasteiger partial charge in [0, 0.05) is 11.1 Å². The van der Waals surface area contributed by atoms with Crippen LogP contribution in [0.4, 0.5) is 39.5 Å². The summed E-state index contributed by atoms with van der Waals surface area (Å²) in [7, 11) is 0. The molecule has 0 bridgehead atoms. The molecule has 136 valence electrons. The van der Waals surface area contributed by atoms with Gasteiger partial charge in [-0.15, -0.1) is 0 Å². The van der Waals surface area contributed by atoms with Crippen molar-refractivity contribution in [2.24, 2.45) is 0 Å². The van der Waals surface area contributed by atoms with Crippen LogP contribution in [-0.2, 0) is 21.1 Å². The fourth-order valence-corrected chi connectivity index (χ4v) is 1.74. The van der Waals surface area contributed by atoms with Crippen LogP contribution in [0.15, 0.2) is 24.3 Å². The van der Waals surface area contributed by atoms with E-state index in [0.29, 0.717) is 0 Å². The zero-order valence-electron chi connectivity index (χ0n) is 11.7. The summed E-state index contributed by atoms with van der Waals surface area (Å²) >= 11 is 0. The maximum absolute atomic E-state index is 13.7. The van der Waals surface area contributed by atoms with Gasteiger partial charge in [0.2, 0.25) is 0 Å². The Balaban J connectivity index is 3.34. The molecule has 0 aliphatic heterocycles. The van der Waals surface area contributed by atoms with Crippen molar-refractivity contribution in [1.29, 1.82) is 0 Å². The van der Waals surface area contributed by atoms with Crippen LogP contribution in [0.5, 0.6) is 0 Å². The molecule has 0 N–H and O–H groups in total. The Bertz CT molecular complexity index is 573. The number of alkyl halides is 9. The lowest BCUT2D eigenvalue weighted by Gasteiger charge is -2.30. The third kappa shape index (κ3) is 3.29. The second-order valence-corrected chi connectivity index (χ2v) is 4.53. The fourth-order valence-electron chi connectivity index (χ4n) is 1.74. The van der Waals surface area contributed by atoms with E-state index in [4.69, 9.17) is 0 Å². The summed E-state index contributed by atoms with van der Waals surface area (Å²) in [5.41, 5.74) is -8.92. The molecular formula is C13H9F9O2. The Morgan fingerprint density at radius 2 is 1.21 bits per heavy atom. The normalized spacial score (nSPS) is 13.8. The van der Waals surface area contributed by atoms with Crippen LogP contribution in [0.1, 0.15) is 18.1 Å². The number of ether oxygens (including phenoxy) is 1. The van der Waals surface area contributed by atoms with Crippen molar-refractivity contribution in [3.63, 3.8) is 0 Å². The van der Waals surface area contributed by atoms with E-state index < -0.39 is 47.6 Å². The molecule has 0 heterocycles. The van der Waals surface area contributed by atoms with Gasteiger partial charge in [-0.25, -0.2) is 9.18 Å². The van der Waals surface area contributed by atoms with E-state index in [2.05, 4.69) is 4.74 Å². The minimum Gasteiger partial charge on any atom is -0.461 e. The van der Waals surface area contributed by atoms with Gasteiger partial charge in [0.05, 0.1) is 6.61 Å². The highest BCUT2D eigenvalue weighted by molar-refractivity contribution is 5.79. The SMILES string of the molecule is CCOC(=O)C(F)(F)c1ccc(C(F)(C(F)(F)F)C(F)(F)F)cc1. The van der Waals surface area contributed by atoms with Gasteiger partial charge in [0.15, 0.2) is 0 Å². The van der Waals surface area contributed by atoms with Crippen molar-refractivity contribution in [3.05, 3.63) is 35.4 Å². The Labute approximate surface area is 129 Å². The molecule has 0 amide bonds. The van der Waals surface area contributed by atoms with E-state index in [0.717, 1.165) is 0 Å². The molecule has 0 aliphatic carbocycles. The van der Waals surface area contributed by atoms with Crippen molar-refractivity contribution in [1.82, 2.24) is 0 Å². The van der Waals surface area contributed by atoms with Crippen LogP contribution in [-0.4, -0.2) is 24.9 Å². The quantitative estimate of drug-likeness (QED) is 0.572. The minimum atomic E-state index is -6.36. The second-order valence-electron chi connectivity index (χ2n) is 4.53. The van der Waals surface area contributed by atoms with Gasteiger partial charge in [-0.3, -0.25) is 0 Å². The molecule has 0 fully saturated rings. The molecule has 1 rings (SSSR count). The molecule has 0 saturated carbocycles. The van der Waals surface area contributed by atoms with Gasteiger partial charge in [-0.2, -0.15) is 35.1 Å². The Morgan fingerprint density at radius 1 is 0.833 bits per heavy atom. The molecule has 0 spiro atoms. The number of hydrogen-bond acceptors (Lipinski definition) is 2. The van der Waals surface area contributed by atoms with E-state index in [1.165, 1.54) is 6.92 Å². The Hall–Kier alpha value is -1.94. The highest BCUT2D eigenvalue weighted by Crippen LogP contribution is 2.53. The van der Waals surface area contributed by atoms with E-state index in [-0.39, 0.29) is 24.3 Å². The molecule has 0 unspecified atom stereocenters. The van der Waals surface area contributed by atoms with Gasteiger partial charge >= 0.3 is 29.9 Å². The number of rotatable bonds is 4. The summed E-state index contributed by atoms with van der Waals surface area (Å²) in [6, 6.07) is -0.0248. The van der Waals surface area contributed by atoms with Gasteiger partial charge < -0.3 is 4.74 Å². The van der Waals surface area contributed by atoms with Crippen molar-refractivity contribution in [2.75, 3.05) is 6.61 Å². The average molecular weight is 368 g/mol. The molecule has 0 aliphatic rings. The van der Waals surface area contributed by atoms with Crippen LogP contribution in [0.2, 0.25) is 0 Å². The molecular weight excluding hydrogens is 359 g/mol. The summed E-state index contributed by atoms with van der Waals surface area (Å²) in [6.07, 6.45) is -12.7. The molecule has 1 aromatic carbocycles. The lowest BCUT2D eigenvalue weighted by Crippen LogP contribution is -2.50. The van der Waals surface area contributed by atoms with Crippen LogP contribution >= 0.6 is 0 Å². The number of carbonyl (C=O) groups is 1. The number of benzene rings is 1. The molecule has 1 aromatic rings. The second kappa shape index (κ2) is 6.17. The van der Waals surface area contributed by atoms with E-state index in [1.807, 2.05) is 0 Å². The summed E-state index contributed by atoms with van der Waals surface area (Å²) in [5, 5.41) is 0. The van der Waals surface area contributed by atoms with E-state index in [9.17, 15) is 44.3 Å². The lowest BCUT2D eigenvalue weighted by molar-refractivity contribution is -0.348. The molecule has 24 heavy (non-hydrogen) atoms. The van der Waals surface area contributed by atoms with Gasteiger partial charge in [0.25, 0.3) is 0 Å². The summed E-state index contributed by atoms with van der Waals surface area (Å²) in [5.74, 6) is -6.36. The number of halogens is 9. The third-order valence-electron chi connectivity index (χ3n) is 2.96. The maximum atomic E-state index is 13.7. The highest BCUT2D eigenvalue weighted by atomic mass is 19.4. The topological polar surface area (TPSA) is 26.3 Å². The summed E-state index contributed by atoms with van der Waals surface area (Å²) < 4.78 is 120. The molecule has 0 saturated heterocycles. The predicted molar refractivity (Wildman–Crippen MR) is 61.9 cm³/mol. The number of hydrogen-bond donors (Lipinski definition) is 0. The Kier molecular flexibility index (Phi) is 5.17. The monoisotopic (exact) mass is 368 g/mol. The van der Waals surface area contributed by atoms with Crippen LogP contribution in [0, 0.1) is 0 Å². The molecule has 0 radical (unpaired) electrons. The number of carbonyl (C=O) groups excluding carboxylic acids is 1.